The molecule has 0 aromatic carbocycles. The zero-order valence-corrected chi connectivity index (χ0v) is 13.4. The third kappa shape index (κ3) is 4.73. The SMILES string of the molecule is CC(C)C1CNC(C2CC2)CN1CCOC(C)(C)C. The molecule has 2 unspecified atom stereocenters. The van der Waals surface area contributed by atoms with Crippen LogP contribution in [-0.4, -0.2) is 48.8 Å². The molecule has 0 aromatic heterocycles. The van der Waals surface area contributed by atoms with E-state index in [2.05, 4.69) is 44.8 Å². The summed E-state index contributed by atoms with van der Waals surface area (Å²) < 4.78 is 5.91. The largest absolute Gasteiger partial charge is 0.375 e. The number of ether oxygens (including phenoxy) is 1. The molecule has 1 heterocycles. The van der Waals surface area contributed by atoms with Gasteiger partial charge in [0, 0.05) is 31.7 Å². The summed E-state index contributed by atoms with van der Waals surface area (Å²) in [4.78, 5) is 2.66. The van der Waals surface area contributed by atoms with Crippen LogP contribution in [0.5, 0.6) is 0 Å². The van der Waals surface area contributed by atoms with Gasteiger partial charge >= 0.3 is 0 Å². The van der Waals surface area contributed by atoms with Crippen molar-refractivity contribution in [2.45, 2.75) is 65.1 Å². The van der Waals surface area contributed by atoms with Crippen LogP contribution < -0.4 is 5.32 Å². The molecular formula is C16H32N2O. The Kier molecular flexibility index (Phi) is 4.91. The van der Waals surface area contributed by atoms with Crippen molar-refractivity contribution in [1.82, 2.24) is 10.2 Å². The van der Waals surface area contributed by atoms with Gasteiger partial charge in [-0.15, -0.1) is 0 Å². The van der Waals surface area contributed by atoms with Gasteiger partial charge in [0.25, 0.3) is 0 Å². The van der Waals surface area contributed by atoms with Gasteiger partial charge in [-0.3, -0.25) is 4.90 Å². The number of hydrogen-bond donors (Lipinski definition) is 1. The van der Waals surface area contributed by atoms with Gasteiger partial charge < -0.3 is 10.1 Å². The predicted octanol–water partition coefficient (Wildman–Crippen LogP) is 2.51. The average Bonchev–Trinajstić information content (AvgIpc) is 3.10. The van der Waals surface area contributed by atoms with Crippen LogP contribution in [0.4, 0.5) is 0 Å². The van der Waals surface area contributed by atoms with Gasteiger partial charge in [0.15, 0.2) is 0 Å². The van der Waals surface area contributed by atoms with E-state index in [1.54, 1.807) is 0 Å². The highest BCUT2D eigenvalue weighted by atomic mass is 16.5. The van der Waals surface area contributed by atoms with Crippen molar-refractivity contribution in [2.24, 2.45) is 11.8 Å². The highest BCUT2D eigenvalue weighted by Crippen LogP contribution is 2.34. The molecule has 1 saturated carbocycles. The Hall–Kier alpha value is -0.120. The first-order valence-corrected chi connectivity index (χ1v) is 7.98. The van der Waals surface area contributed by atoms with Crippen LogP contribution >= 0.6 is 0 Å². The lowest BCUT2D eigenvalue weighted by molar-refractivity contribution is -0.0264. The van der Waals surface area contributed by atoms with Crippen molar-refractivity contribution in [3.8, 4) is 0 Å². The summed E-state index contributed by atoms with van der Waals surface area (Å²) in [6.07, 6.45) is 2.85. The molecule has 1 saturated heterocycles. The van der Waals surface area contributed by atoms with Gasteiger partial charge in [-0.2, -0.15) is 0 Å². The Balaban J connectivity index is 1.84. The van der Waals surface area contributed by atoms with Crippen molar-refractivity contribution < 1.29 is 4.74 Å². The molecule has 2 fully saturated rings. The molecule has 0 spiro atoms. The van der Waals surface area contributed by atoms with Crippen LogP contribution in [-0.2, 0) is 4.74 Å². The van der Waals surface area contributed by atoms with Gasteiger partial charge in [-0.25, -0.2) is 0 Å². The van der Waals surface area contributed by atoms with Crippen molar-refractivity contribution >= 4 is 0 Å². The van der Waals surface area contributed by atoms with Crippen LogP contribution in [0.15, 0.2) is 0 Å². The molecule has 2 atom stereocenters. The van der Waals surface area contributed by atoms with E-state index in [0.717, 1.165) is 31.7 Å². The molecule has 0 bridgehead atoms. The van der Waals surface area contributed by atoms with E-state index in [-0.39, 0.29) is 5.60 Å². The Morgan fingerprint density at radius 2 is 1.95 bits per heavy atom. The monoisotopic (exact) mass is 268 g/mol. The van der Waals surface area contributed by atoms with Crippen LogP contribution in [0.3, 0.4) is 0 Å². The lowest BCUT2D eigenvalue weighted by Crippen LogP contribution is -2.59. The number of hydrogen-bond acceptors (Lipinski definition) is 3. The summed E-state index contributed by atoms with van der Waals surface area (Å²) in [6.45, 7) is 15.4. The quantitative estimate of drug-likeness (QED) is 0.829. The topological polar surface area (TPSA) is 24.5 Å². The average molecular weight is 268 g/mol. The molecule has 3 heteroatoms. The molecule has 2 rings (SSSR count). The second-order valence-electron chi connectivity index (χ2n) is 7.62. The van der Waals surface area contributed by atoms with Crippen LogP contribution in [0.1, 0.15) is 47.5 Å². The lowest BCUT2D eigenvalue weighted by Gasteiger charge is -2.43. The van der Waals surface area contributed by atoms with Crippen molar-refractivity contribution in [3.63, 3.8) is 0 Å². The van der Waals surface area contributed by atoms with Crippen LogP contribution in [0, 0.1) is 11.8 Å². The highest BCUT2D eigenvalue weighted by molar-refractivity contribution is 4.95. The van der Waals surface area contributed by atoms with E-state index in [0.29, 0.717) is 12.0 Å². The lowest BCUT2D eigenvalue weighted by atomic mass is 9.97. The first kappa shape index (κ1) is 15.3. The smallest absolute Gasteiger partial charge is 0.0600 e. The highest BCUT2D eigenvalue weighted by Gasteiger charge is 2.37. The molecule has 1 N–H and O–H groups in total. The zero-order valence-electron chi connectivity index (χ0n) is 13.4. The fourth-order valence-electron chi connectivity index (χ4n) is 3.05. The number of piperazine rings is 1. The van der Waals surface area contributed by atoms with Crippen molar-refractivity contribution in [3.05, 3.63) is 0 Å². The van der Waals surface area contributed by atoms with E-state index in [9.17, 15) is 0 Å². The Labute approximate surface area is 119 Å². The molecule has 0 amide bonds. The molecule has 19 heavy (non-hydrogen) atoms. The molecule has 112 valence electrons. The third-order valence-electron chi connectivity index (χ3n) is 4.36. The molecule has 2 aliphatic rings. The zero-order chi connectivity index (χ0) is 14.0. The number of rotatable bonds is 5. The van der Waals surface area contributed by atoms with E-state index in [1.165, 1.54) is 19.4 Å². The summed E-state index contributed by atoms with van der Waals surface area (Å²) in [5.41, 5.74) is -0.0166. The second-order valence-corrected chi connectivity index (χ2v) is 7.62. The molecule has 1 aliphatic heterocycles. The minimum Gasteiger partial charge on any atom is -0.375 e. The second kappa shape index (κ2) is 6.11. The summed E-state index contributed by atoms with van der Waals surface area (Å²) >= 11 is 0. The van der Waals surface area contributed by atoms with Gasteiger partial charge in [0.2, 0.25) is 0 Å². The van der Waals surface area contributed by atoms with E-state index < -0.39 is 0 Å². The summed E-state index contributed by atoms with van der Waals surface area (Å²) in [6, 6.07) is 1.39. The van der Waals surface area contributed by atoms with Gasteiger partial charge in [-0.05, 0) is 45.4 Å². The van der Waals surface area contributed by atoms with Gasteiger partial charge in [0.05, 0.1) is 12.2 Å². The van der Waals surface area contributed by atoms with E-state index in [1.807, 2.05) is 0 Å². The standard InChI is InChI=1S/C16H32N2O/c1-12(2)15-10-17-14(13-6-7-13)11-18(15)8-9-19-16(3,4)5/h12-15,17H,6-11H2,1-5H3. The Morgan fingerprint density at radius 3 is 2.47 bits per heavy atom. The third-order valence-corrected chi connectivity index (χ3v) is 4.36. The van der Waals surface area contributed by atoms with Crippen molar-refractivity contribution in [2.75, 3.05) is 26.2 Å². The minimum absolute atomic E-state index is 0.0166. The molecule has 0 aromatic rings. The van der Waals surface area contributed by atoms with Crippen LogP contribution in [0.2, 0.25) is 0 Å². The first-order valence-electron chi connectivity index (χ1n) is 7.98. The maximum absolute atomic E-state index is 5.91. The van der Waals surface area contributed by atoms with Gasteiger partial charge in [0.1, 0.15) is 0 Å². The minimum atomic E-state index is -0.0166. The molecule has 0 radical (unpaired) electrons. The fraction of sp³-hybridized carbons (Fsp3) is 1.00. The summed E-state index contributed by atoms with van der Waals surface area (Å²) in [5.74, 6) is 1.65. The van der Waals surface area contributed by atoms with Gasteiger partial charge in [-0.1, -0.05) is 13.8 Å². The number of nitrogens with one attached hydrogen (secondary N) is 1. The Morgan fingerprint density at radius 1 is 1.26 bits per heavy atom. The van der Waals surface area contributed by atoms with E-state index >= 15 is 0 Å². The first-order chi connectivity index (χ1) is 8.87. The van der Waals surface area contributed by atoms with Crippen molar-refractivity contribution in [1.29, 1.82) is 0 Å². The summed E-state index contributed by atoms with van der Waals surface area (Å²) in [7, 11) is 0. The molecule has 1 aliphatic carbocycles. The number of nitrogens with zero attached hydrogens (tertiary/aromatic N) is 1. The predicted molar refractivity (Wildman–Crippen MR) is 80.4 cm³/mol. The molecule has 3 nitrogen and oxygen atoms in total. The summed E-state index contributed by atoms with van der Waals surface area (Å²) in [5, 5.41) is 3.77. The normalized spacial score (nSPS) is 30.0. The Bertz CT molecular complexity index is 281. The molecular weight excluding hydrogens is 236 g/mol. The maximum Gasteiger partial charge on any atom is 0.0600 e. The maximum atomic E-state index is 5.91. The van der Waals surface area contributed by atoms with Crippen LogP contribution in [0.25, 0.3) is 0 Å². The van der Waals surface area contributed by atoms with E-state index in [4.69, 9.17) is 4.74 Å². The fourth-order valence-corrected chi connectivity index (χ4v) is 3.05.